The lowest BCUT2D eigenvalue weighted by Gasteiger charge is -2.22. The Labute approximate surface area is 184 Å². The lowest BCUT2D eigenvalue weighted by molar-refractivity contribution is -0.146. The number of aromatic hydroxyl groups is 1. The minimum atomic E-state index is -4.48. The van der Waals surface area contributed by atoms with E-state index in [1.807, 2.05) is 0 Å². The molecule has 3 aromatic heterocycles. The summed E-state index contributed by atoms with van der Waals surface area (Å²) in [5, 5.41) is 13.8. The van der Waals surface area contributed by atoms with E-state index >= 15 is 0 Å². The van der Waals surface area contributed by atoms with E-state index in [0.717, 1.165) is 6.20 Å². The largest absolute Gasteiger partial charge is 0.507 e. The Morgan fingerprint density at radius 1 is 1.18 bits per heavy atom. The lowest BCUT2D eigenvalue weighted by Crippen LogP contribution is -2.38. The van der Waals surface area contributed by atoms with Gasteiger partial charge >= 0.3 is 6.18 Å². The van der Waals surface area contributed by atoms with Crippen molar-refractivity contribution in [1.29, 1.82) is 0 Å². The Morgan fingerprint density at radius 3 is 2.48 bits per heavy atom. The molecule has 5 rings (SSSR count). The Balaban J connectivity index is 1.72. The van der Waals surface area contributed by atoms with Gasteiger partial charge in [0.1, 0.15) is 17.6 Å². The van der Waals surface area contributed by atoms with Crippen LogP contribution in [0.1, 0.15) is 23.2 Å². The Morgan fingerprint density at radius 2 is 1.88 bits per heavy atom. The van der Waals surface area contributed by atoms with Crippen molar-refractivity contribution in [3.05, 3.63) is 36.3 Å². The molecule has 1 atom stereocenters. The number of hydrogen-bond donors (Lipinski definition) is 5. The second-order valence-corrected chi connectivity index (χ2v) is 8.01. The predicted molar refractivity (Wildman–Crippen MR) is 115 cm³/mol. The van der Waals surface area contributed by atoms with Crippen LogP contribution in [0.15, 0.2) is 30.7 Å². The van der Waals surface area contributed by atoms with Crippen molar-refractivity contribution in [2.24, 2.45) is 11.7 Å². The molecular weight excluding hydrogens is 439 g/mol. The van der Waals surface area contributed by atoms with Crippen LogP contribution in [-0.2, 0) is 0 Å². The number of nitrogens with zero attached hydrogens (tertiary/aromatic N) is 3. The predicted octanol–water partition coefficient (Wildman–Crippen LogP) is 3.31. The molecular formula is C21H18F3N7O2. The molecule has 1 amide bonds. The van der Waals surface area contributed by atoms with Crippen molar-refractivity contribution < 1.29 is 23.1 Å². The number of halogens is 3. The van der Waals surface area contributed by atoms with Gasteiger partial charge in [-0.3, -0.25) is 4.79 Å². The molecule has 9 nitrogen and oxygen atoms in total. The van der Waals surface area contributed by atoms with Crippen LogP contribution in [0.25, 0.3) is 32.9 Å². The zero-order valence-corrected chi connectivity index (χ0v) is 16.9. The standard InChI is InChI=1S/C21H18F3N7O2/c22-21(23,24)17(8-1-2-8)31-19-15-11-4-14(32)10(9-5-28-20(26)29-6-9)3-13(11)30-16(15)12(7-27-19)18(25)33/h3-8,17,30,32H,1-2H2,(H2,25,33)(H,27,31)(H2,26,28,29)/t17-/m1/s1. The van der Waals surface area contributed by atoms with Gasteiger partial charge in [0.05, 0.1) is 16.5 Å². The molecule has 0 bridgehead atoms. The zero-order chi connectivity index (χ0) is 23.5. The van der Waals surface area contributed by atoms with Gasteiger partial charge in [0.25, 0.3) is 5.91 Å². The van der Waals surface area contributed by atoms with Crippen molar-refractivity contribution in [2.75, 3.05) is 11.1 Å². The fraction of sp³-hybridized carbons (Fsp3) is 0.238. The first kappa shape index (κ1) is 20.8. The molecule has 7 N–H and O–H groups in total. The summed E-state index contributed by atoms with van der Waals surface area (Å²) >= 11 is 0. The Bertz CT molecular complexity index is 1400. The monoisotopic (exact) mass is 457 g/mol. The third kappa shape index (κ3) is 3.62. The third-order valence-electron chi connectivity index (χ3n) is 5.73. The van der Waals surface area contributed by atoms with Gasteiger partial charge in [-0.25, -0.2) is 15.0 Å². The van der Waals surface area contributed by atoms with Crippen molar-refractivity contribution in [3.8, 4) is 16.9 Å². The first-order valence-corrected chi connectivity index (χ1v) is 10.0. The number of anilines is 2. The lowest BCUT2D eigenvalue weighted by atomic mass is 10.0. The molecule has 0 unspecified atom stereocenters. The smallest absolute Gasteiger partial charge is 0.408 e. The number of phenolic OH excluding ortho intramolecular Hbond substituents is 1. The van der Waals surface area contributed by atoms with Gasteiger partial charge in [-0.05, 0) is 30.9 Å². The summed E-state index contributed by atoms with van der Waals surface area (Å²) in [5.74, 6) is -1.50. The van der Waals surface area contributed by atoms with E-state index in [9.17, 15) is 23.1 Å². The maximum absolute atomic E-state index is 13.6. The van der Waals surface area contributed by atoms with Gasteiger partial charge in [0.15, 0.2) is 0 Å². The highest BCUT2D eigenvalue weighted by molar-refractivity contribution is 6.19. The number of nitrogens with one attached hydrogen (secondary N) is 2. The second-order valence-electron chi connectivity index (χ2n) is 8.01. The quantitative estimate of drug-likeness (QED) is 0.308. The number of rotatable bonds is 5. The number of nitrogen functional groups attached to an aromatic ring is 1. The minimum absolute atomic E-state index is 0.0126. The number of primary amides is 1. The number of amides is 1. The molecule has 1 aliphatic carbocycles. The van der Waals surface area contributed by atoms with E-state index in [0.29, 0.717) is 34.9 Å². The molecule has 12 heteroatoms. The van der Waals surface area contributed by atoms with E-state index in [1.54, 1.807) is 6.07 Å². The number of H-pyrrole nitrogens is 1. The number of aromatic nitrogens is 4. The molecule has 0 radical (unpaired) electrons. The minimum Gasteiger partial charge on any atom is -0.507 e. The Hall–Kier alpha value is -4.09. The van der Waals surface area contributed by atoms with Crippen LogP contribution in [-0.4, -0.2) is 43.2 Å². The number of pyridine rings is 1. The summed E-state index contributed by atoms with van der Waals surface area (Å²) in [4.78, 5) is 26.9. The van der Waals surface area contributed by atoms with Crippen LogP contribution in [0, 0.1) is 5.92 Å². The number of benzene rings is 1. The summed E-state index contributed by atoms with van der Waals surface area (Å²) in [7, 11) is 0. The van der Waals surface area contributed by atoms with Crippen molar-refractivity contribution in [1.82, 2.24) is 19.9 Å². The van der Waals surface area contributed by atoms with Crippen LogP contribution < -0.4 is 16.8 Å². The zero-order valence-electron chi connectivity index (χ0n) is 16.9. The summed E-state index contributed by atoms with van der Waals surface area (Å²) < 4.78 is 40.9. The first-order chi connectivity index (χ1) is 15.6. The number of fused-ring (bicyclic) bond motifs is 3. The van der Waals surface area contributed by atoms with Crippen LogP contribution in [0.3, 0.4) is 0 Å². The van der Waals surface area contributed by atoms with Gasteiger partial charge in [0, 0.05) is 40.6 Å². The fourth-order valence-electron chi connectivity index (χ4n) is 3.98. The molecule has 1 aliphatic rings. The van der Waals surface area contributed by atoms with Gasteiger partial charge in [-0.15, -0.1) is 0 Å². The van der Waals surface area contributed by atoms with Crippen LogP contribution in [0.2, 0.25) is 0 Å². The molecule has 4 aromatic rings. The number of carbonyl (C=O) groups is 1. The number of aromatic amines is 1. The van der Waals surface area contributed by atoms with Crippen LogP contribution in [0.5, 0.6) is 5.75 Å². The molecule has 0 saturated heterocycles. The van der Waals surface area contributed by atoms with E-state index in [2.05, 4.69) is 25.3 Å². The average Bonchev–Trinajstić information content (AvgIpc) is 3.51. The van der Waals surface area contributed by atoms with E-state index < -0.39 is 24.0 Å². The van der Waals surface area contributed by atoms with Crippen molar-refractivity contribution in [3.63, 3.8) is 0 Å². The van der Waals surface area contributed by atoms with Gasteiger partial charge in [-0.2, -0.15) is 13.2 Å². The molecule has 33 heavy (non-hydrogen) atoms. The molecule has 3 heterocycles. The van der Waals surface area contributed by atoms with E-state index in [-0.39, 0.29) is 34.0 Å². The van der Waals surface area contributed by atoms with E-state index in [1.165, 1.54) is 18.5 Å². The van der Waals surface area contributed by atoms with Gasteiger partial charge < -0.3 is 26.9 Å². The van der Waals surface area contributed by atoms with Crippen LogP contribution >= 0.6 is 0 Å². The highest BCUT2D eigenvalue weighted by atomic mass is 19.4. The summed E-state index contributed by atoms with van der Waals surface area (Å²) in [5.41, 5.74) is 12.5. The molecule has 170 valence electrons. The number of carbonyl (C=O) groups excluding carboxylic acids is 1. The van der Waals surface area contributed by atoms with Gasteiger partial charge in [0.2, 0.25) is 5.95 Å². The second kappa shape index (κ2) is 7.22. The maximum Gasteiger partial charge on any atom is 0.408 e. The van der Waals surface area contributed by atoms with Crippen LogP contribution in [0.4, 0.5) is 24.9 Å². The molecule has 1 aromatic carbocycles. The molecule has 1 fully saturated rings. The first-order valence-electron chi connectivity index (χ1n) is 10.0. The summed E-state index contributed by atoms with van der Waals surface area (Å²) in [6.45, 7) is 0. The third-order valence-corrected chi connectivity index (χ3v) is 5.73. The summed E-state index contributed by atoms with van der Waals surface area (Å²) in [6.07, 6.45) is 0.436. The van der Waals surface area contributed by atoms with Crippen molar-refractivity contribution in [2.45, 2.75) is 25.1 Å². The highest BCUT2D eigenvalue weighted by Crippen LogP contribution is 2.44. The normalized spacial score (nSPS) is 15.1. The number of phenols is 1. The average molecular weight is 457 g/mol. The van der Waals surface area contributed by atoms with Crippen molar-refractivity contribution >= 4 is 39.5 Å². The number of nitrogens with two attached hydrogens (primary N) is 2. The number of hydrogen-bond acceptors (Lipinski definition) is 7. The highest BCUT2D eigenvalue weighted by Gasteiger charge is 2.49. The molecule has 0 aliphatic heterocycles. The van der Waals surface area contributed by atoms with Gasteiger partial charge in [-0.1, -0.05) is 0 Å². The molecule has 0 spiro atoms. The molecule has 1 saturated carbocycles. The van der Waals surface area contributed by atoms with E-state index in [4.69, 9.17) is 11.5 Å². The fourth-order valence-corrected chi connectivity index (χ4v) is 3.98. The maximum atomic E-state index is 13.6. The summed E-state index contributed by atoms with van der Waals surface area (Å²) in [6, 6.07) is 1.19. The Kier molecular flexibility index (Phi) is 4.55. The number of alkyl halides is 3. The SMILES string of the molecule is NC(=O)c1cnc(N[C@H](C2CC2)C(F)(F)F)c2c1[nH]c1cc(-c3cnc(N)nc3)c(O)cc12. The topological polar surface area (TPSA) is 156 Å².